The van der Waals surface area contributed by atoms with E-state index in [1.54, 1.807) is 6.92 Å². The van der Waals surface area contributed by atoms with Gasteiger partial charge in [0, 0.05) is 11.1 Å². The molecule has 0 aromatic heterocycles. The van der Waals surface area contributed by atoms with Gasteiger partial charge >= 0.3 is 0 Å². The van der Waals surface area contributed by atoms with E-state index >= 15 is 0 Å². The van der Waals surface area contributed by atoms with Crippen molar-refractivity contribution >= 4 is 10.1 Å². The molecule has 1 atom stereocenters. The molecular formula is C14H22O6S. The molecule has 7 heteroatoms. The van der Waals surface area contributed by atoms with Gasteiger partial charge in [0.05, 0.1) is 14.2 Å². The second kappa shape index (κ2) is 6.53. The van der Waals surface area contributed by atoms with Crippen LogP contribution in [0.5, 0.6) is 17.2 Å². The summed E-state index contributed by atoms with van der Waals surface area (Å²) in [6.07, 6.45) is 1.02. The molecule has 0 heterocycles. The summed E-state index contributed by atoms with van der Waals surface area (Å²) in [6.45, 7) is 5.44. The zero-order valence-electron chi connectivity index (χ0n) is 12.9. The Labute approximate surface area is 125 Å². The summed E-state index contributed by atoms with van der Waals surface area (Å²) >= 11 is 0. The number of phenolic OH excluding ortho intramolecular Hbond substituents is 1. The van der Waals surface area contributed by atoms with Gasteiger partial charge < -0.3 is 14.6 Å². The SMILES string of the molecule is CCc1c(O)c(C(C)CC)c(S(=O)(=O)O)c(OC)c1OC. The molecule has 21 heavy (non-hydrogen) atoms. The molecule has 0 saturated carbocycles. The van der Waals surface area contributed by atoms with E-state index in [-0.39, 0.29) is 28.7 Å². The third-order valence-corrected chi connectivity index (χ3v) is 4.52. The van der Waals surface area contributed by atoms with Crippen LogP contribution in [0.1, 0.15) is 44.2 Å². The summed E-state index contributed by atoms with van der Waals surface area (Å²) in [7, 11) is -1.93. The Morgan fingerprint density at radius 3 is 2.00 bits per heavy atom. The van der Waals surface area contributed by atoms with Crippen molar-refractivity contribution in [3.63, 3.8) is 0 Å². The predicted molar refractivity (Wildman–Crippen MR) is 79.1 cm³/mol. The topological polar surface area (TPSA) is 93.1 Å². The fourth-order valence-electron chi connectivity index (χ4n) is 2.39. The van der Waals surface area contributed by atoms with E-state index in [0.717, 1.165) is 0 Å². The fourth-order valence-corrected chi connectivity index (χ4v) is 3.37. The number of phenols is 1. The minimum Gasteiger partial charge on any atom is -0.507 e. The molecule has 1 aromatic carbocycles. The number of benzene rings is 1. The van der Waals surface area contributed by atoms with E-state index in [0.29, 0.717) is 18.4 Å². The van der Waals surface area contributed by atoms with Crippen LogP contribution in [0.2, 0.25) is 0 Å². The lowest BCUT2D eigenvalue weighted by Gasteiger charge is -2.23. The van der Waals surface area contributed by atoms with Crippen molar-refractivity contribution in [3.8, 4) is 17.2 Å². The van der Waals surface area contributed by atoms with Crippen LogP contribution in [-0.2, 0) is 16.5 Å². The lowest BCUT2D eigenvalue weighted by Crippen LogP contribution is -2.11. The van der Waals surface area contributed by atoms with Crippen molar-refractivity contribution in [2.45, 2.75) is 44.4 Å². The molecule has 0 aliphatic rings. The van der Waals surface area contributed by atoms with E-state index in [9.17, 15) is 18.1 Å². The highest BCUT2D eigenvalue weighted by Crippen LogP contribution is 2.49. The fraction of sp³-hybridized carbons (Fsp3) is 0.571. The minimum absolute atomic E-state index is 0.0787. The average Bonchev–Trinajstić information content (AvgIpc) is 2.43. The van der Waals surface area contributed by atoms with Gasteiger partial charge in [0.2, 0.25) is 0 Å². The number of rotatable bonds is 6. The number of ether oxygens (including phenoxy) is 2. The Morgan fingerprint density at radius 2 is 1.67 bits per heavy atom. The molecule has 0 spiro atoms. The third kappa shape index (κ3) is 3.08. The molecule has 0 saturated heterocycles. The van der Waals surface area contributed by atoms with Crippen molar-refractivity contribution in [2.75, 3.05) is 14.2 Å². The van der Waals surface area contributed by atoms with Gasteiger partial charge in [0.25, 0.3) is 10.1 Å². The summed E-state index contributed by atoms with van der Waals surface area (Å²) in [5.74, 6) is -0.397. The largest absolute Gasteiger partial charge is 0.507 e. The lowest BCUT2D eigenvalue weighted by molar-refractivity contribution is 0.333. The summed E-state index contributed by atoms with van der Waals surface area (Å²) < 4.78 is 43.5. The maximum atomic E-state index is 11.8. The van der Waals surface area contributed by atoms with Crippen molar-refractivity contribution < 1.29 is 27.6 Å². The van der Waals surface area contributed by atoms with Crippen molar-refractivity contribution in [2.24, 2.45) is 0 Å². The molecule has 1 rings (SSSR count). The van der Waals surface area contributed by atoms with Gasteiger partial charge in [0.1, 0.15) is 10.6 Å². The Bertz CT molecular complexity index is 621. The minimum atomic E-state index is -4.58. The zero-order valence-corrected chi connectivity index (χ0v) is 13.7. The molecule has 0 radical (unpaired) electrons. The molecule has 1 aromatic rings. The third-order valence-electron chi connectivity index (χ3n) is 3.60. The first-order chi connectivity index (χ1) is 9.74. The first-order valence-electron chi connectivity index (χ1n) is 6.71. The zero-order chi connectivity index (χ0) is 16.4. The lowest BCUT2D eigenvalue weighted by atomic mass is 9.93. The number of methoxy groups -OCH3 is 2. The first-order valence-corrected chi connectivity index (χ1v) is 8.15. The normalized spacial score (nSPS) is 13.0. The van der Waals surface area contributed by atoms with Crippen LogP contribution in [0, 0.1) is 0 Å². The molecule has 0 amide bonds. The van der Waals surface area contributed by atoms with E-state index in [2.05, 4.69) is 0 Å². The highest BCUT2D eigenvalue weighted by atomic mass is 32.2. The quantitative estimate of drug-likeness (QED) is 0.783. The highest BCUT2D eigenvalue weighted by Gasteiger charge is 2.33. The van der Waals surface area contributed by atoms with Crippen LogP contribution >= 0.6 is 0 Å². The van der Waals surface area contributed by atoms with Crippen molar-refractivity contribution in [3.05, 3.63) is 11.1 Å². The Kier molecular flexibility index (Phi) is 5.47. The van der Waals surface area contributed by atoms with Gasteiger partial charge in [-0.1, -0.05) is 20.8 Å². The Balaban J connectivity index is 4.02. The monoisotopic (exact) mass is 318 g/mol. The molecule has 6 nitrogen and oxygen atoms in total. The van der Waals surface area contributed by atoms with Crippen LogP contribution in [0.25, 0.3) is 0 Å². The second-order valence-electron chi connectivity index (χ2n) is 4.77. The van der Waals surface area contributed by atoms with Gasteiger partial charge in [-0.2, -0.15) is 8.42 Å². The molecule has 0 bridgehead atoms. The summed E-state index contributed by atoms with van der Waals surface area (Å²) in [5.41, 5.74) is 0.617. The first kappa shape index (κ1) is 17.6. The molecular weight excluding hydrogens is 296 g/mol. The second-order valence-corrected chi connectivity index (χ2v) is 6.13. The van der Waals surface area contributed by atoms with Crippen molar-refractivity contribution in [1.29, 1.82) is 0 Å². The predicted octanol–water partition coefficient (Wildman–Crippen LogP) is 2.73. The van der Waals surface area contributed by atoms with Crippen LogP contribution in [0.4, 0.5) is 0 Å². The van der Waals surface area contributed by atoms with Crippen LogP contribution in [0.3, 0.4) is 0 Å². The average molecular weight is 318 g/mol. The van der Waals surface area contributed by atoms with Crippen LogP contribution in [-0.4, -0.2) is 32.3 Å². The number of hydrogen-bond donors (Lipinski definition) is 2. The molecule has 2 N–H and O–H groups in total. The van der Waals surface area contributed by atoms with Crippen LogP contribution in [0.15, 0.2) is 4.90 Å². The molecule has 120 valence electrons. The highest BCUT2D eigenvalue weighted by molar-refractivity contribution is 7.86. The molecule has 0 aliphatic carbocycles. The van der Waals surface area contributed by atoms with Gasteiger partial charge in [-0.3, -0.25) is 4.55 Å². The molecule has 0 fully saturated rings. The van der Waals surface area contributed by atoms with E-state index in [1.165, 1.54) is 14.2 Å². The van der Waals surface area contributed by atoms with Crippen LogP contribution < -0.4 is 9.47 Å². The standard InChI is InChI=1S/C14H22O6S/c1-6-8(3)10-11(15)9(7-2)12(19-4)13(20-5)14(10)21(16,17)18/h8,15H,6-7H2,1-5H3,(H,16,17,18). The van der Waals surface area contributed by atoms with Gasteiger partial charge in [-0.15, -0.1) is 0 Å². The summed E-state index contributed by atoms with van der Waals surface area (Å²) in [6, 6.07) is 0. The van der Waals surface area contributed by atoms with Gasteiger partial charge in [-0.25, -0.2) is 0 Å². The summed E-state index contributed by atoms with van der Waals surface area (Å²) in [5, 5.41) is 10.5. The molecule has 1 unspecified atom stereocenters. The maximum Gasteiger partial charge on any atom is 0.298 e. The van der Waals surface area contributed by atoms with E-state index in [4.69, 9.17) is 9.47 Å². The van der Waals surface area contributed by atoms with Gasteiger partial charge in [0.15, 0.2) is 11.5 Å². The maximum absolute atomic E-state index is 11.8. The number of aromatic hydroxyl groups is 1. The number of hydrogen-bond acceptors (Lipinski definition) is 5. The Hall–Kier alpha value is -1.47. The van der Waals surface area contributed by atoms with Gasteiger partial charge in [-0.05, 0) is 18.8 Å². The van der Waals surface area contributed by atoms with Crippen molar-refractivity contribution in [1.82, 2.24) is 0 Å². The summed E-state index contributed by atoms with van der Waals surface area (Å²) in [4.78, 5) is -0.425. The van der Waals surface area contributed by atoms with E-state index in [1.807, 2.05) is 13.8 Å². The van der Waals surface area contributed by atoms with E-state index < -0.39 is 15.0 Å². The smallest absolute Gasteiger partial charge is 0.298 e. The Morgan fingerprint density at radius 1 is 1.14 bits per heavy atom. The molecule has 0 aliphatic heterocycles.